The molecule has 4 rings (SSSR count). The standard InChI is InChI=1S/C28H24N2O5S2/c1-18(21-10-6-3-7-11-21)29-26(33)22-14-20(12-13-23(22)35-17-19-8-4-2-5-9-19)15-24-27(34)30(16-25(31)32)28(36)37-24/h2-15,18H,16-17H2,1H3,(H,29,33)(H,31,32)/t18-/m1/s1. The van der Waals surface area contributed by atoms with Gasteiger partial charge in [-0.25, -0.2) is 0 Å². The highest BCUT2D eigenvalue weighted by Crippen LogP contribution is 2.33. The van der Waals surface area contributed by atoms with E-state index in [9.17, 15) is 14.4 Å². The van der Waals surface area contributed by atoms with E-state index in [0.29, 0.717) is 16.9 Å². The normalized spacial score (nSPS) is 15.1. The lowest BCUT2D eigenvalue weighted by Gasteiger charge is -2.17. The predicted molar refractivity (Wildman–Crippen MR) is 147 cm³/mol. The maximum Gasteiger partial charge on any atom is 0.323 e. The van der Waals surface area contributed by atoms with Crippen LogP contribution in [-0.2, 0) is 16.2 Å². The number of rotatable bonds is 9. The number of hydrogen-bond donors (Lipinski definition) is 2. The number of benzene rings is 3. The Hall–Kier alpha value is -3.95. The first-order valence-electron chi connectivity index (χ1n) is 11.5. The molecule has 1 fully saturated rings. The molecule has 7 nitrogen and oxygen atoms in total. The van der Waals surface area contributed by atoms with Crippen molar-refractivity contribution in [2.45, 2.75) is 19.6 Å². The summed E-state index contributed by atoms with van der Waals surface area (Å²) in [6.07, 6.45) is 1.60. The van der Waals surface area contributed by atoms with Crippen LogP contribution in [0.1, 0.15) is 40.0 Å². The summed E-state index contributed by atoms with van der Waals surface area (Å²) in [7, 11) is 0. The Balaban J connectivity index is 1.61. The van der Waals surface area contributed by atoms with Gasteiger partial charge in [-0.05, 0) is 41.8 Å². The number of nitrogens with zero attached hydrogens (tertiary/aromatic N) is 1. The summed E-state index contributed by atoms with van der Waals surface area (Å²) >= 11 is 6.20. The fraction of sp³-hybridized carbons (Fsp3) is 0.143. The second kappa shape index (κ2) is 11.9. The van der Waals surface area contributed by atoms with Crippen molar-refractivity contribution in [2.24, 2.45) is 0 Å². The molecular weight excluding hydrogens is 508 g/mol. The summed E-state index contributed by atoms with van der Waals surface area (Å²) in [6.45, 7) is 1.68. The maximum absolute atomic E-state index is 13.4. The van der Waals surface area contributed by atoms with Gasteiger partial charge in [0.1, 0.15) is 23.2 Å². The zero-order chi connectivity index (χ0) is 26.4. The molecular formula is C28H24N2O5S2. The lowest BCUT2D eigenvalue weighted by molar-refractivity contribution is -0.140. The van der Waals surface area contributed by atoms with Crippen molar-refractivity contribution in [3.8, 4) is 5.75 Å². The van der Waals surface area contributed by atoms with Crippen molar-refractivity contribution in [2.75, 3.05) is 6.54 Å². The number of aliphatic carboxylic acids is 1. The van der Waals surface area contributed by atoms with Crippen LogP contribution in [0.15, 0.2) is 83.8 Å². The van der Waals surface area contributed by atoms with Crippen molar-refractivity contribution in [1.29, 1.82) is 0 Å². The minimum atomic E-state index is -1.15. The minimum Gasteiger partial charge on any atom is -0.488 e. The molecule has 2 N–H and O–H groups in total. The largest absolute Gasteiger partial charge is 0.488 e. The number of carboxylic acid groups (broad SMARTS) is 1. The summed E-state index contributed by atoms with van der Waals surface area (Å²) in [5.41, 5.74) is 2.81. The smallest absolute Gasteiger partial charge is 0.323 e. The SMILES string of the molecule is C[C@@H](NC(=O)c1cc(C=C2SC(=S)N(CC(=O)O)C2=O)ccc1OCc1ccccc1)c1ccccc1. The Kier molecular flexibility index (Phi) is 8.37. The molecule has 9 heteroatoms. The molecule has 0 radical (unpaired) electrons. The van der Waals surface area contributed by atoms with Gasteiger partial charge in [-0.15, -0.1) is 0 Å². The van der Waals surface area contributed by atoms with Gasteiger partial charge in [0.25, 0.3) is 11.8 Å². The van der Waals surface area contributed by atoms with Crippen LogP contribution >= 0.6 is 24.0 Å². The molecule has 2 amide bonds. The molecule has 0 saturated carbocycles. The number of carbonyl (C=O) groups is 3. The van der Waals surface area contributed by atoms with Gasteiger partial charge in [0, 0.05) is 0 Å². The third-order valence-corrected chi connectivity index (χ3v) is 6.98. The van der Waals surface area contributed by atoms with Crippen LogP contribution in [0.4, 0.5) is 0 Å². The van der Waals surface area contributed by atoms with Gasteiger partial charge in [0.2, 0.25) is 0 Å². The average molecular weight is 533 g/mol. The van der Waals surface area contributed by atoms with Gasteiger partial charge in [0.05, 0.1) is 16.5 Å². The molecule has 1 saturated heterocycles. The van der Waals surface area contributed by atoms with E-state index < -0.39 is 18.4 Å². The van der Waals surface area contributed by atoms with Gasteiger partial charge >= 0.3 is 5.97 Å². The summed E-state index contributed by atoms with van der Waals surface area (Å²) < 4.78 is 6.18. The molecule has 0 unspecified atom stereocenters. The number of thiocarbonyl (C=S) groups is 1. The first kappa shape index (κ1) is 26.1. The van der Waals surface area contributed by atoms with E-state index >= 15 is 0 Å². The van der Waals surface area contributed by atoms with E-state index in [-0.39, 0.29) is 27.8 Å². The van der Waals surface area contributed by atoms with Crippen LogP contribution in [0.25, 0.3) is 6.08 Å². The zero-order valence-corrected chi connectivity index (χ0v) is 21.6. The molecule has 0 aromatic heterocycles. The van der Waals surface area contributed by atoms with Gasteiger partial charge in [-0.3, -0.25) is 19.3 Å². The first-order chi connectivity index (χ1) is 17.8. The second-order valence-corrected chi connectivity index (χ2v) is 9.97. The molecule has 0 aliphatic carbocycles. The van der Waals surface area contributed by atoms with Crippen LogP contribution in [0.3, 0.4) is 0 Å². The fourth-order valence-electron chi connectivity index (χ4n) is 3.70. The highest BCUT2D eigenvalue weighted by Gasteiger charge is 2.33. The van der Waals surface area contributed by atoms with Gasteiger partial charge in [-0.1, -0.05) is 90.7 Å². The second-order valence-electron chi connectivity index (χ2n) is 8.30. The highest BCUT2D eigenvalue weighted by molar-refractivity contribution is 8.26. The summed E-state index contributed by atoms with van der Waals surface area (Å²) in [4.78, 5) is 38.5. The Bertz CT molecular complexity index is 1360. The third-order valence-electron chi connectivity index (χ3n) is 5.60. The number of carboxylic acids is 1. The van der Waals surface area contributed by atoms with Crippen molar-refractivity contribution >= 4 is 52.2 Å². The Morgan fingerprint density at radius 3 is 2.43 bits per heavy atom. The number of amides is 2. The minimum absolute atomic E-state index is 0.177. The number of hydrogen-bond acceptors (Lipinski definition) is 6. The number of carbonyl (C=O) groups excluding carboxylic acids is 2. The summed E-state index contributed by atoms with van der Waals surface area (Å²) in [5.74, 6) is -1.56. The molecule has 0 bridgehead atoms. The fourth-order valence-corrected chi connectivity index (χ4v) is 4.95. The Morgan fingerprint density at radius 1 is 1.08 bits per heavy atom. The lowest BCUT2D eigenvalue weighted by atomic mass is 10.1. The third kappa shape index (κ3) is 6.63. The van der Waals surface area contributed by atoms with Crippen molar-refractivity contribution in [3.05, 3.63) is 106 Å². The van der Waals surface area contributed by atoms with E-state index in [1.807, 2.05) is 67.6 Å². The Labute approximate surface area is 224 Å². The molecule has 3 aromatic rings. The predicted octanol–water partition coefficient (Wildman–Crippen LogP) is 5.04. The highest BCUT2D eigenvalue weighted by atomic mass is 32.2. The van der Waals surface area contributed by atoms with Gasteiger partial charge in [-0.2, -0.15) is 0 Å². The Morgan fingerprint density at radius 2 is 1.76 bits per heavy atom. The van der Waals surface area contributed by atoms with E-state index in [1.54, 1.807) is 24.3 Å². The van der Waals surface area contributed by atoms with Crippen LogP contribution in [0.2, 0.25) is 0 Å². The first-order valence-corrected chi connectivity index (χ1v) is 12.7. The van der Waals surface area contributed by atoms with Crippen LogP contribution < -0.4 is 10.1 Å². The molecule has 37 heavy (non-hydrogen) atoms. The monoisotopic (exact) mass is 532 g/mol. The number of nitrogens with one attached hydrogen (secondary N) is 1. The molecule has 1 aliphatic rings. The summed E-state index contributed by atoms with van der Waals surface area (Å²) in [5, 5.41) is 12.1. The van der Waals surface area contributed by atoms with E-state index in [4.69, 9.17) is 22.1 Å². The van der Waals surface area contributed by atoms with Crippen LogP contribution in [0, 0.1) is 0 Å². The van der Waals surface area contributed by atoms with Crippen molar-refractivity contribution in [3.63, 3.8) is 0 Å². The van der Waals surface area contributed by atoms with E-state index in [2.05, 4.69) is 5.32 Å². The molecule has 1 atom stereocenters. The zero-order valence-electron chi connectivity index (χ0n) is 19.9. The maximum atomic E-state index is 13.4. The topological polar surface area (TPSA) is 95.9 Å². The molecule has 1 aliphatic heterocycles. The van der Waals surface area contributed by atoms with Gasteiger partial charge in [0.15, 0.2) is 0 Å². The van der Waals surface area contributed by atoms with Crippen molar-refractivity contribution in [1.82, 2.24) is 10.2 Å². The molecule has 1 heterocycles. The van der Waals surface area contributed by atoms with E-state index in [1.165, 1.54) is 0 Å². The lowest BCUT2D eigenvalue weighted by Crippen LogP contribution is -2.33. The molecule has 3 aromatic carbocycles. The van der Waals surface area contributed by atoms with E-state index in [0.717, 1.165) is 27.8 Å². The number of thioether (sulfide) groups is 1. The number of ether oxygens (including phenoxy) is 1. The summed E-state index contributed by atoms with van der Waals surface area (Å²) in [6, 6.07) is 24.1. The van der Waals surface area contributed by atoms with Crippen molar-refractivity contribution < 1.29 is 24.2 Å². The molecule has 0 spiro atoms. The van der Waals surface area contributed by atoms with Gasteiger partial charge < -0.3 is 15.2 Å². The van der Waals surface area contributed by atoms with Crippen LogP contribution in [0.5, 0.6) is 5.75 Å². The quantitative estimate of drug-likeness (QED) is 0.294. The van der Waals surface area contributed by atoms with Crippen LogP contribution in [-0.4, -0.2) is 38.7 Å². The average Bonchev–Trinajstić information content (AvgIpc) is 3.15. The molecule has 188 valence electrons.